The van der Waals surface area contributed by atoms with Gasteiger partial charge in [0.05, 0.1) is 29.5 Å². The molecular weight excluding hydrogens is 462 g/mol. The van der Waals surface area contributed by atoms with Gasteiger partial charge in [-0.1, -0.05) is 12.1 Å². The first-order valence-electron chi connectivity index (χ1n) is 12.8. The average Bonchev–Trinajstić information content (AvgIpc) is 2.85. The number of carbonyl (C=O) groups excluding carboxylic acids is 1. The third-order valence-electron chi connectivity index (χ3n) is 8.34. The van der Waals surface area contributed by atoms with Gasteiger partial charge in [-0.3, -0.25) is 4.79 Å². The van der Waals surface area contributed by atoms with Gasteiger partial charge in [-0.05, 0) is 92.7 Å². The van der Waals surface area contributed by atoms with Crippen LogP contribution in [0.1, 0.15) is 48.9 Å². The third-order valence-corrected chi connectivity index (χ3v) is 10.3. The van der Waals surface area contributed by atoms with Crippen LogP contribution in [0.4, 0.5) is 11.4 Å². The summed E-state index contributed by atoms with van der Waals surface area (Å²) in [6.45, 7) is 1.49. The van der Waals surface area contributed by atoms with E-state index in [-0.39, 0.29) is 16.3 Å². The second kappa shape index (κ2) is 8.91. The van der Waals surface area contributed by atoms with Gasteiger partial charge in [-0.25, -0.2) is 8.42 Å². The van der Waals surface area contributed by atoms with Crippen LogP contribution in [0.2, 0.25) is 0 Å². The molecule has 35 heavy (non-hydrogen) atoms. The van der Waals surface area contributed by atoms with Gasteiger partial charge in [0.25, 0.3) is 5.91 Å². The Morgan fingerprint density at radius 1 is 0.857 bits per heavy atom. The number of ether oxygens (including phenoxy) is 1. The smallest absolute Gasteiger partial charge is 0.255 e. The lowest BCUT2D eigenvalue weighted by molar-refractivity contribution is 0.0107. The Morgan fingerprint density at radius 2 is 1.43 bits per heavy atom. The molecular formula is C27H33N3O4S. The second-order valence-electron chi connectivity index (χ2n) is 10.9. The molecule has 2 aromatic rings. The molecule has 1 saturated heterocycles. The molecule has 2 aromatic carbocycles. The maximum atomic E-state index is 13.1. The molecule has 8 heteroatoms. The lowest BCUT2D eigenvalue weighted by Crippen LogP contribution is -2.54. The van der Waals surface area contributed by atoms with Crippen LogP contribution >= 0.6 is 0 Å². The highest BCUT2D eigenvalue weighted by Crippen LogP contribution is 2.56. The van der Waals surface area contributed by atoms with Crippen LogP contribution in [0.15, 0.2) is 53.4 Å². The Kier molecular flexibility index (Phi) is 5.86. The molecule has 7 rings (SSSR count). The van der Waals surface area contributed by atoms with Crippen LogP contribution in [-0.4, -0.2) is 50.5 Å². The summed E-state index contributed by atoms with van der Waals surface area (Å²) >= 11 is 0. The number of amides is 1. The summed E-state index contributed by atoms with van der Waals surface area (Å²) < 4.78 is 32.4. The molecule has 7 nitrogen and oxygen atoms in total. The molecule has 4 bridgehead atoms. The molecule has 0 unspecified atom stereocenters. The number of nitrogens with one attached hydrogen (secondary N) is 2. The van der Waals surface area contributed by atoms with Crippen LogP contribution in [0.25, 0.3) is 0 Å². The van der Waals surface area contributed by atoms with Crippen molar-refractivity contribution in [3.63, 3.8) is 0 Å². The number of hydrogen-bond acceptors (Lipinski definition) is 5. The summed E-state index contributed by atoms with van der Waals surface area (Å²) in [4.78, 5) is 13.3. The number of hydrogen-bond donors (Lipinski definition) is 2. The summed E-state index contributed by atoms with van der Waals surface area (Å²) in [7, 11) is -3.58. The lowest BCUT2D eigenvalue weighted by Gasteiger charge is -2.57. The number of benzene rings is 2. The number of para-hydroxylation sites is 2. The van der Waals surface area contributed by atoms with Gasteiger partial charge in [-0.15, -0.1) is 0 Å². The molecule has 5 fully saturated rings. The molecule has 186 valence electrons. The monoisotopic (exact) mass is 495 g/mol. The van der Waals surface area contributed by atoms with Crippen molar-refractivity contribution < 1.29 is 17.9 Å². The first-order chi connectivity index (χ1) is 16.9. The largest absolute Gasteiger partial charge is 0.379 e. The topological polar surface area (TPSA) is 87.7 Å². The number of morpholine rings is 1. The van der Waals surface area contributed by atoms with E-state index in [1.165, 1.54) is 55.0 Å². The quantitative estimate of drug-likeness (QED) is 0.623. The summed E-state index contributed by atoms with van der Waals surface area (Å²) in [5, 5.41) is 6.92. The minimum absolute atomic E-state index is 0.144. The maximum Gasteiger partial charge on any atom is 0.255 e. The van der Waals surface area contributed by atoms with Crippen molar-refractivity contribution in [2.24, 2.45) is 17.8 Å². The molecule has 1 heterocycles. The molecule has 4 saturated carbocycles. The highest BCUT2D eigenvalue weighted by atomic mass is 32.2. The zero-order valence-electron chi connectivity index (χ0n) is 19.9. The van der Waals surface area contributed by atoms with Gasteiger partial charge in [-0.2, -0.15) is 4.31 Å². The van der Waals surface area contributed by atoms with E-state index in [2.05, 4.69) is 10.6 Å². The fraction of sp³-hybridized carbons (Fsp3) is 0.519. The van der Waals surface area contributed by atoms with Crippen LogP contribution < -0.4 is 10.6 Å². The number of sulfonamides is 1. The normalized spacial score (nSPS) is 30.2. The van der Waals surface area contributed by atoms with Gasteiger partial charge >= 0.3 is 0 Å². The van der Waals surface area contributed by atoms with E-state index in [0.29, 0.717) is 31.9 Å². The van der Waals surface area contributed by atoms with Crippen molar-refractivity contribution in [2.75, 3.05) is 36.9 Å². The minimum Gasteiger partial charge on any atom is -0.379 e. The highest BCUT2D eigenvalue weighted by molar-refractivity contribution is 7.89. The number of nitrogens with zero attached hydrogens (tertiary/aromatic N) is 1. The first kappa shape index (κ1) is 23.0. The van der Waals surface area contributed by atoms with Crippen molar-refractivity contribution in [3.8, 4) is 0 Å². The predicted octanol–water partition coefficient (Wildman–Crippen LogP) is 4.34. The Hall–Kier alpha value is -2.42. The minimum atomic E-state index is -3.58. The molecule has 0 spiro atoms. The summed E-state index contributed by atoms with van der Waals surface area (Å²) in [5.74, 6) is 2.26. The van der Waals surface area contributed by atoms with Gasteiger partial charge < -0.3 is 15.4 Å². The van der Waals surface area contributed by atoms with Gasteiger partial charge in [0.2, 0.25) is 10.0 Å². The molecule has 1 amide bonds. The zero-order valence-corrected chi connectivity index (χ0v) is 20.7. The second-order valence-corrected chi connectivity index (χ2v) is 12.8. The molecule has 1 aliphatic heterocycles. The van der Waals surface area contributed by atoms with E-state index in [9.17, 15) is 13.2 Å². The molecule has 0 radical (unpaired) electrons. The number of anilines is 2. The van der Waals surface area contributed by atoms with Gasteiger partial charge in [0, 0.05) is 24.2 Å². The van der Waals surface area contributed by atoms with Gasteiger partial charge in [0.1, 0.15) is 0 Å². The standard InChI is InChI=1S/C27H33N3O4S/c31-26(22-5-7-23(8-6-22)35(32,33)30-9-11-34-12-10-30)28-24-3-1-2-4-25(24)29-27-16-19-13-20(17-27)15-21(14-19)18-27/h1-8,19-21,29H,9-18H2,(H,28,31). The Bertz CT molecular complexity index is 1170. The SMILES string of the molecule is O=C(Nc1ccccc1NC12CC3CC(CC(C3)C1)C2)c1ccc(S(=O)(=O)N2CCOCC2)cc1. The Labute approximate surface area is 207 Å². The fourth-order valence-electron chi connectivity index (χ4n) is 7.16. The summed E-state index contributed by atoms with van der Waals surface area (Å²) in [6.07, 6.45) is 7.82. The van der Waals surface area contributed by atoms with Crippen LogP contribution in [0.3, 0.4) is 0 Å². The number of rotatable bonds is 6. The van der Waals surface area contributed by atoms with Crippen LogP contribution in [0, 0.1) is 17.8 Å². The molecule has 2 N–H and O–H groups in total. The van der Waals surface area contributed by atoms with Crippen molar-refractivity contribution in [2.45, 2.75) is 49.0 Å². The summed E-state index contributed by atoms with van der Waals surface area (Å²) in [5.41, 5.74) is 2.30. The maximum absolute atomic E-state index is 13.1. The predicted molar refractivity (Wildman–Crippen MR) is 135 cm³/mol. The van der Waals surface area contributed by atoms with Crippen LogP contribution in [-0.2, 0) is 14.8 Å². The van der Waals surface area contributed by atoms with Crippen molar-refractivity contribution >= 4 is 27.3 Å². The zero-order chi connectivity index (χ0) is 24.0. The average molecular weight is 496 g/mol. The van der Waals surface area contributed by atoms with Crippen molar-refractivity contribution in [1.29, 1.82) is 0 Å². The van der Waals surface area contributed by atoms with E-state index in [0.717, 1.165) is 29.1 Å². The molecule has 4 aliphatic carbocycles. The van der Waals surface area contributed by atoms with Crippen molar-refractivity contribution in [1.82, 2.24) is 4.31 Å². The Balaban J connectivity index is 1.17. The molecule has 0 aromatic heterocycles. The lowest BCUT2D eigenvalue weighted by atomic mass is 9.53. The third kappa shape index (κ3) is 4.47. The highest BCUT2D eigenvalue weighted by Gasteiger charge is 2.51. The Morgan fingerprint density at radius 3 is 2.03 bits per heavy atom. The van der Waals surface area contributed by atoms with E-state index in [4.69, 9.17) is 4.74 Å². The van der Waals surface area contributed by atoms with E-state index >= 15 is 0 Å². The number of carbonyl (C=O) groups is 1. The van der Waals surface area contributed by atoms with Crippen LogP contribution in [0.5, 0.6) is 0 Å². The van der Waals surface area contributed by atoms with E-state index in [1.807, 2.05) is 24.3 Å². The van der Waals surface area contributed by atoms with E-state index in [1.54, 1.807) is 12.1 Å². The fourth-order valence-corrected chi connectivity index (χ4v) is 8.57. The molecule has 0 atom stereocenters. The van der Waals surface area contributed by atoms with Gasteiger partial charge in [0.15, 0.2) is 0 Å². The first-order valence-corrected chi connectivity index (χ1v) is 14.2. The summed E-state index contributed by atoms with van der Waals surface area (Å²) in [6, 6.07) is 14.1. The molecule has 5 aliphatic rings. The van der Waals surface area contributed by atoms with E-state index < -0.39 is 10.0 Å². The van der Waals surface area contributed by atoms with Crippen molar-refractivity contribution in [3.05, 3.63) is 54.1 Å².